The van der Waals surface area contributed by atoms with Gasteiger partial charge in [0.1, 0.15) is 0 Å². The molecule has 6 aromatic rings. The van der Waals surface area contributed by atoms with Crippen LogP contribution in [0, 0.1) is 5.92 Å². The number of ether oxygens (including phenoxy) is 3. The van der Waals surface area contributed by atoms with Crippen molar-refractivity contribution in [2.24, 2.45) is 5.92 Å². The van der Waals surface area contributed by atoms with E-state index in [4.69, 9.17) is 14.2 Å². The molecule has 3 nitrogen and oxygen atoms in total. The largest absolute Gasteiger partial charge is 0.374 e. The zero-order chi connectivity index (χ0) is 39.9. The van der Waals surface area contributed by atoms with Crippen LogP contribution in [0.2, 0.25) is 0 Å². The highest BCUT2D eigenvalue weighted by Gasteiger charge is 2.20. The Kier molecular flexibility index (Phi) is 13.2. The number of rotatable bonds is 11. The lowest BCUT2D eigenvalue weighted by molar-refractivity contribution is 0.0235. The third kappa shape index (κ3) is 9.84. The van der Waals surface area contributed by atoms with Crippen LogP contribution in [-0.2, 0) is 53.3 Å². The van der Waals surface area contributed by atoms with Crippen LogP contribution in [0.3, 0.4) is 0 Å². The molecule has 0 bridgehead atoms. The summed E-state index contributed by atoms with van der Waals surface area (Å²) >= 11 is 0. The molecule has 0 heterocycles. The Hall–Kier alpha value is -4.80. The first-order chi connectivity index (χ1) is 27.7. The Balaban J connectivity index is 0.000000131. The molecule has 0 aliphatic heterocycles. The Morgan fingerprint density at radius 3 is 1.12 bits per heavy atom. The molecule has 3 aliphatic rings. The van der Waals surface area contributed by atoms with Crippen LogP contribution in [0.25, 0.3) is 33.4 Å². The Labute approximate surface area is 342 Å². The van der Waals surface area contributed by atoms with E-state index in [2.05, 4.69) is 176 Å². The van der Waals surface area contributed by atoms with Gasteiger partial charge in [0.15, 0.2) is 0 Å². The molecule has 57 heavy (non-hydrogen) atoms. The summed E-state index contributed by atoms with van der Waals surface area (Å²) in [6.45, 7) is 17.1. The average molecular weight is 757 g/mol. The topological polar surface area (TPSA) is 27.7 Å². The van der Waals surface area contributed by atoms with Crippen LogP contribution >= 0.6 is 0 Å². The van der Waals surface area contributed by atoms with E-state index >= 15 is 0 Å². The quantitative estimate of drug-likeness (QED) is 0.132. The fraction of sp³-hybridized carbons (Fsp3) is 0.333. The molecule has 0 radical (unpaired) electrons. The second kappa shape index (κ2) is 18.6. The van der Waals surface area contributed by atoms with E-state index in [0.29, 0.717) is 31.3 Å². The number of hydrogen-bond acceptors (Lipinski definition) is 3. The van der Waals surface area contributed by atoms with Gasteiger partial charge < -0.3 is 14.2 Å². The standard InChI is InChI=1S/C19H22O.C18H20O.C17H18O/c1-13(2)14(3)20-12-15-8-9-19-17(10-15)11-16-6-4-5-7-18(16)19;1-3-13(2)19-12-14-8-9-18-16(10-14)11-15-6-4-5-7-17(15)18;1-12(2)18-11-13-7-8-17-15(9-13)10-14-5-3-4-6-16(14)17/h4-10,13-14H,11-12H2,1-3H3;4-10,13H,3,11-12H2,1-2H3;3-9,12H,10-11H2,1-2H3. The third-order valence-electron chi connectivity index (χ3n) is 11.7. The van der Waals surface area contributed by atoms with Crippen molar-refractivity contribution >= 4 is 0 Å². The number of benzene rings is 6. The lowest BCUT2D eigenvalue weighted by Gasteiger charge is -2.16. The molecular formula is C54H60O3. The molecule has 2 unspecified atom stereocenters. The van der Waals surface area contributed by atoms with Crippen LogP contribution in [0.5, 0.6) is 0 Å². The first-order valence-electron chi connectivity index (χ1n) is 21.1. The molecule has 9 rings (SSSR count). The van der Waals surface area contributed by atoms with Gasteiger partial charge in [0.2, 0.25) is 0 Å². The predicted molar refractivity (Wildman–Crippen MR) is 238 cm³/mol. The second-order valence-corrected chi connectivity index (χ2v) is 16.6. The molecular weight excluding hydrogens is 697 g/mol. The summed E-state index contributed by atoms with van der Waals surface area (Å²) in [7, 11) is 0. The van der Waals surface area contributed by atoms with E-state index in [-0.39, 0.29) is 6.10 Å². The van der Waals surface area contributed by atoms with E-state index in [0.717, 1.165) is 32.3 Å². The van der Waals surface area contributed by atoms with E-state index in [9.17, 15) is 0 Å². The molecule has 3 aliphatic carbocycles. The van der Waals surface area contributed by atoms with Gasteiger partial charge in [-0.2, -0.15) is 0 Å². The maximum atomic E-state index is 5.93. The highest BCUT2D eigenvalue weighted by Crippen LogP contribution is 2.39. The van der Waals surface area contributed by atoms with Gasteiger partial charge in [-0.25, -0.2) is 0 Å². The second-order valence-electron chi connectivity index (χ2n) is 16.6. The van der Waals surface area contributed by atoms with Crippen molar-refractivity contribution in [2.75, 3.05) is 0 Å². The number of fused-ring (bicyclic) bond motifs is 9. The maximum Gasteiger partial charge on any atom is 0.0720 e. The molecule has 0 saturated heterocycles. The van der Waals surface area contributed by atoms with Crippen molar-refractivity contribution in [1.29, 1.82) is 0 Å². The molecule has 3 heteroatoms. The van der Waals surface area contributed by atoms with Gasteiger partial charge in [0.25, 0.3) is 0 Å². The summed E-state index contributed by atoms with van der Waals surface area (Å²) in [4.78, 5) is 0. The van der Waals surface area contributed by atoms with Crippen molar-refractivity contribution in [3.8, 4) is 33.4 Å². The maximum absolute atomic E-state index is 5.93. The summed E-state index contributed by atoms with van der Waals surface area (Å²) in [6, 6.07) is 46.3. The summed E-state index contributed by atoms with van der Waals surface area (Å²) < 4.78 is 17.4. The number of hydrogen-bond donors (Lipinski definition) is 0. The Morgan fingerprint density at radius 2 is 0.754 bits per heavy atom. The van der Waals surface area contributed by atoms with Gasteiger partial charge in [-0.3, -0.25) is 0 Å². The molecule has 0 aromatic heterocycles. The molecule has 294 valence electrons. The van der Waals surface area contributed by atoms with E-state index in [1.165, 1.54) is 83.5 Å². The van der Waals surface area contributed by atoms with Crippen LogP contribution in [-0.4, -0.2) is 18.3 Å². The minimum absolute atomic E-state index is 0.287. The van der Waals surface area contributed by atoms with Crippen LogP contribution in [0.1, 0.15) is 105 Å². The zero-order valence-corrected chi connectivity index (χ0v) is 35.1. The van der Waals surface area contributed by atoms with Crippen molar-refractivity contribution < 1.29 is 14.2 Å². The first-order valence-corrected chi connectivity index (χ1v) is 21.1. The Morgan fingerprint density at radius 1 is 0.404 bits per heavy atom. The van der Waals surface area contributed by atoms with Crippen LogP contribution in [0.4, 0.5) is 0 Å². The van der Waals surface area contributed by atoms with E-state index < -0.39 is 0 Å². The minimum Gasteiger partial charge on any atom is -0.374 e. The summed E-state index contributed by atoms with van der Waals surface area (Å²) in [6.07, 6.45) is 5.17. The molecule has 2 atom stereocenters. The Bertz CT molecular complexity index is 2280. The highest BCUT2D eigenvalue weighted by atomic mass is 16.5. The monoisotopic (exact) mass is 756 g/mol. The predicted octanol–water partition coefficient (Wildman–Crippen LogP) is 13.6. The van der Waals surface area contributed by atoms with Gasteiger partial charge in [-0.1, -0.05) is 148 Å². The fourth-order valence-electron chi connectivity index (χ4n) is 7.90. The smallest absolute Gasteiger partial charge is 0.0720 e. The summed E-state index contributed by atoms with van der Waals surface area (Å²) in [5.41, 5.74) is 20.8. The van der Waals surface area contributed by atoms with Gasteiger partial charge in [-0.15, -0.1) is 0 Å². The first kappa shape index (κ1) is 40.4. The molecule has 0 N–H and O–H groups in total. The van der Waals surface area contributed by atoms with E-state index in [1.807, 2.05) is 0 Å². The summed E-state index contributed by atoms with van der Waals surface area (Å²) in [5, 5.41) is 0. The van der Waals surface area contributed by atoms with Gasteiger partial charge in [-0.05, 0) is 143 Å². The SMILES string of the molecule is CC(C)C(C)OCc1ccc2c(c1)Cc1ccccc1-2.CC(C)OCc1ccc2c(c1)Cc1ccccc1-2.CCC(C)OCc1ccc2c(c1)Cc1ccccc1-2. The lowest BCUT2D eigenvalue weighted by Crippen LogP contribution is -2.15. The third-order valence-corrected chi connectivity index (χ3v) is 11.7. The van der Waals surface area contributed by atoms with Crippen molar-refractivity contribution in [2.45, 2.75) is 112 Å². The molecule has 0 spiro atoms. The lowest BCUT2D eigenvalue weighted by atomic mass is 10.0. The molecule has 0 fully saturated rings. The van der Waals surface area contributed by atoms with Crippen molar-refractivity contribution in [1.82, 2.24) is 0 Å². The highest BCUT2D eigenvalue weighted by molar-refractivity contribution is 5.78. The van der Waals surface area contributed by atoms with Gasteiger partial charge >= 0.3 is 0 Å². The zero-order valence-electron chi connectivity index (χ0n) is 35.1. The van der Waals surface area contributed by atoms with Gasteiger partial charge in [0.05, 0.1) is 38.1 Å². The van der Waals surface area contributed by atoms with Crippen LogP contribution < -0.4 is 0 Å². The van der Waals surface area contributed by atoms with Crippen LogP contribution in [0.15, 0.2) is 127 Å². The average Bonchev–Trinajstić information content (AvgIpc) is 3.91. The normalized spacial score (nSPS) is 13.6. The van der Waals surface area contributed by atoms with E-state index in [1.54, 1.807) is 0 Å². The molecule has 6 aromatic carbocycles. The van der Waals surface area contributed by atoms with Crippen molar-refractivity contribution in [3.63, 3.8) is 0 Å². The summed E-state index contributed by atoms with van der Waals surface area (Å²) in [5.74, 6) is 0.564. The minimum atomic E-state index is 0.287. The molecule has 0 amide bonds. The van der Waals surface area contributed by atoms with Gasteiger partial charge in [0, 0.05) is 0 Å². The molecule has 0 saturated carbocycles. The van der Waals surface area contributed by atoms with Crippen molar-refractivity contribution in [3.05, 3.63) is 177 Å². The fourth-order valence-corrected chi connectivity index (χ4v) is 7.90.